The van der Waals surface area contributed by atoms with Crippen molar-refractivity contribution in [2.24, 2.45) is 5.10 Å². The first-order valence-electron chi connectivity index (χ1n) is 9.10. The zero-order chi connectivity index (χ0) is 21.2. The minimum atomic E-state index is -0.532. The molecule has 29 heavy (non-hydrogen) atoms. The lowest BCUT2D eigenvalue weighted by Gasteiger charge is -2.13. The Balaban J connectivity index is 1.82. The van der Waals surface area contributed by atoms with Gasteiger partial charge in [-0.2, -0.15) is 5.10 Å². The summed E-state index contributed by atoms with van der Waals surface area (Å²) in [6, 6.07) is 11.1. The minimum absolute atomic E-state index is 0.0123. The van der Waals surface area contributed by atoms with Crippen molar-refractivity contribution in [3.05, 3.63) is 53.8 Å². The van der Waals surface area contributed by atoms with Gasteiger partial charge < -0.3 is 14.8 Å². The van der Waals surface area contributed by atoms with Crippen molar-refractivity contribution in [3.63, 3.8) is 0 Å². The molecule has 0 aromatic heterocycles. The molecule has 0 unspecified atom stereocenters. The number of ether oxygens (including phenoxy) is 2. The topological polar surface area (TPSA) is 89.0 Å². The van der Waals surface area contributed by atoms with Crippen LogP contribution in [0.3, 0.4) is 0 Å². The van der Waals surface area contributed by atoms with E-state index in [2.05, 4.69) is 15.8 Å². The van der Waals surface area contributed by atoms with Gasteiger partial charge in [0, 0.05) is 12.8 Å². The standard InChI is InChI=1S/C21H24FN3O4/c1-14(2)29-18-9-8-15(12-19(18)28-3)13-23-25-21(27)11-10-20(26)24-17-7-5-4-6-16(17)22/h4-9,12-14H,10-11H2,1-3H3,(H,24,26)(H,25,27). The maximum absolute atomic E-state index is 13.5. The molecule has 0 saturated carbocycles. The van der Waals surface area contributed by atoms with E-state index < -0.39 is 17.6 Å². The first-order valence-corrected chi connectivity index (χ1v) is 9.10. The Morgan fingerprint density at radius 2 is 1.83 bits per heavy atom. The fraction of sp³-hybridized carbons (Fsp3) is 0.286. The van der Waals surface area contributed by atoms with Gasteiger partial charge in [0.15, 0.2) is 11.5 Å². The van der Waals surface area contributed by atoms with Crippen molar-refractivity contribution in [3.8, 4) is 11.5 Å². The second kappa shape index (κ2) is 10.8. The fourth-order valence-electron chi connectivity index (χ4n) is 2.35. The lowest BCUT2D eigenvalue weighted by Crippen LogP contribution is -2.21. The number of rotatable bonds is 9. The molecule has 2 aromatic carbocycles. The van der Waals surface area contributed by atoms with Crippen LogP contribution in [0.1, 0.15) is 32.3 Å². The van der Waals surface area contributed by atoms with E-state index in [9.17, 15) is 14.0 Å². The number of halogens is 1. The summed E-state index contributed by atoms with van der Waals surface area (Å²) in [5.41, 5.74) is 3.13. The quantitative estimate of drug-likeness (QED) is 0.497. The van der Waals surface area contributed by atoms with Crippen LogP contribution in [0.4, 0.5) is 10.1 Å². The molecule has 2 rings (SSSR count). The highest BCUT2D eigenvalue weighted by atomic mass is 19.1. The maximum Gasteiger partial charge on any atom is 0.240 e. The highest BCUT2D eigenvalue weighted by Crippen LogP contribution is 2.28. The molecule has 0 aliphatic rings. The van der Waals surface area contributed by atoms with E-state index in [1.54, 1.807) is 24.3 Å². The summed E-state index contributed by atoms with van der Waals surface area (Å²) in [6.07, 6.45) is 1.30. The summed E-state index contributed by atoms with van der Waals surface area (Å²) in [4.78, 5) is 23.7. The van der Waals surface area contributed by atoms with Crippen molar-refractivity contribution in [1.29, 1.82) is 0 Å². The number of hydrogen-bond donors (Lipinski definition) is 2. The van der Waals surface area contributed by atoms with E-state index in [0.717, 1.165) is 0 Å². The van der Waals surface area contributed by atoms with Crippen LogP contribution >= 0.6 is 0 Å². The Hall–Kier alpha value is -3.42. The molecular formula is C21H24FN3O4. The Kier molecular flexibility index (Phi) is 8.14. The van der Waals surface area contributed by atoms with Gasteiger partial charge in [-0.05, 0) is 49.7 Å². The first kappa shape index (κ1) is 21.9. The van der Waals surface area contributed by atoms with Crippen LogP contribution in [-0.2, 0) is 9.59 Å². The number of carbonyl (C=O) groups excluding carboxylic acids is 2. The molecule has 0 fully saturated rings. The van der Waals surface area contributed by atoms with Gasteiger partial charge in [0.1, 0.15) is 5.82 Å². The molecule has 0 heterocycles. The van der Waals surface area contributed by atoms with E-state index in [0.29, 0.717) is 17.1 Å². The number of amides is 2. The fourth-order valence-corrected chi connectivity index (χ4v) is 2.35. The third-order valence-electron chi connectivity index (χ3n) is 3.68. The van der Waals surface area contributed by atoms with Crippen molar-refractivity contribution < 1.29 is 23.5 Å². The van der Waals surface area contributed by atoms with Gasteiger partial charge in [-0.1, -0.05) is 12.1 Å². The maximum atomic E-state index is 13.5. The number of para-hydroxylation sites is 1. The lowest BCUT2D eigenvalue weighted by molar-refractivity contribution is -0.124. The SMILES string of the molecule is COc1cc(C=NNC(=O)CCC(=O)Nc2ccccc2F)ccc1OC(C)C. The van der Waals surface area contributed by atoms with E-state index in [1.807, 2.05) is 13.8 Å². The Morgan fingerprint density at radius 1 is 1.10 bits per heavy atom. The number of nitrogens with one attached hydrogen (secondary N) is 2. The van der Waals surface area contributed by atoms with Gasteiger partial charge in [0.05, 0.1) is 25.1 Å². The summed E-state index contributed by atoms with van der Waals surface area (Å²) in [6.45, 7) is 3.84. The molecule has 0 atom stereocenters. The Labute approximate surface area is 168 Å². The minimum Gasteiger partial charge on any atom is -0.493 e. The average Bonchev–Trinajstić information content (AvgIpc) is 2.69. The van der Waals surface area contributed by atoms with Crippen LogP contribution in [0.5, 0.6) is 11.5 Å². The molecule has 0 radical (unpaired) electrons. The molecular weight excluding hydrogens is 377 g/mol. The van der Waals surface area contributed by atoms with Gasteiger partial charge in [-0.3, -0.25) is 9.59 Å². The predicted molar refractivity (Wildman–Crippen MR) is 109 cm³/mol. The monoisotopic (exact) mass is 401 g/mol. The number of benzene rings is 2. The van der Waals surface area contributed by atoms with E-state index in [4.69, 9.17) is 9.47 Å². The molecule has 2 N–H and O–H groups in total. The van der Waals surface area contributed by atoms with Gasteiger partial charge in [-0.15, -0.1) is 0 Å². The van der Waals surface area contributed by atoms with Crippen molar-refractivity contribution >= 4 is 23.7 Å². The molecule has 0 spiro atoms. The number of nitrogens with zero attached hydrogens (tertiary/aromatic N) is 1. The van der Waals surface area contributed by atoms with Crippen LogP contribution < -0.4 is 20.2 Å². The summed E-state index contributed by atoms with van der Waals surface area (Å²) in [5.74, 6) is -0.255. The third-order valence-corrected chi connectivity index (χ3v) is 3.68. The Bertz CT molecular complexity index is 884. The zero-order valence-corrected chi connectivity index (χ0v) is 16.6. The van der Waals surface area contributed by atoms with Gasteiger partial charge in [0.2, 0.25) is 11.8 Å². The summed E-state index contributed by atoms with van der Waals surface area (Å²) in [7, 11) is 1.54. The van der Waals surface area contributed by atoms with Crippen LogP contribution in [0.25, 0.3) is 0 Å². The van der Waals surface area contributed by atoms with Gasteiger partial charge in [0.25, 0.3) is 0 Å². The first-order chi connectivity index (χ1) is 13.9. The number of methoxy groups -OCH3 is 1. The highest BCUT2D eigenvalue weighted by molar-refractivity contribution is 5.93. The largest absolute Gasteiger partial charge is 0.493 e. The number of hydrogen-bond acceptors (Lipinski definition) is 5. The van der Waals surface area contributed by atoms with Crippen molar-refractivity contribution in [1.82, 2.24) is 5.43 Å². The zero-order valence-electron chi connectivity index (χ0n) is 16.6. The van der Waals surface area contributed by atoms with E-state index in [-0.39, 0.29) is 24.6 Å². The molecule has 0 saturated heterocycles. The number of carbonyl (C=O) groups is 2. The molecule has 0 bridgehead atoms. The molecule has 154 valence electrons. The number of hydrazone groups is 1. The van der Waals surface area contributed by atoms with Crippen molar-refractivity contribution in [2.45, 2.75) is 32.8 Å². The molecule has 0 aliphatic heterocycles. The summed E-state index contributed by atoms with van der Waals surface area (Å²) in [5, 5.41) is 6.29. The molecule has 2 aromatic rings. The predicted octanol–water partition coefficient (Wildman–Crippen LogP) is 3.49. The van der Waals surface area contributed by atoms with Crippen LogP contribution in [-0.4, -0.2) is 31.2 Å². The van der Waals surface area contributed by atoms with E-state index in [1.165, 1.54) is 31.5 Å². The average molecular weight is 401 g/mol. The van der Waals surface area contributed by atoms with Crippen LogP contribution in [0, 0.1) is 5.82 Å². The highest BCUT2D eigenvalue weighted by Gasteiger charge is 2.09. The number of anilines is 1. The second-order valence-corrected chi connectivity index (χ2v) is 6.40. The smallest absolute Gasteiger partial charge is 0.240 e. The normalized spacial score (nSPS) is 10.8. The summed E-state index contributed by atoms with van der Waals surface area (Å²) < 4.78 is 24.4. The Morgan fingerprint density at radius 3 is 2.52 bits per heavy atom. The van der Waals surface area contributed by atoms with Gasteiger partial charge in [-0.25, -0.2) is 9.82 Å². The molecule has 2 amide bonds. The summed E-state index contributed by atoms with van der Waals surface area (Å²) >= 11 is 0. The van der Waals surface area contributed by atoms with E-state index >= 15 is 0 Å². The molecule has 8 heteroatoms. The lowest BCUT2D eigenvalue weighted by atomic mass is 10.2. The van der Waals surface area contributed by atoms with Crippen LogP contribution in [0.2, 0.25) is 0 Å². The molecule has 7 nitrogen and oxygen atoms in total. The third kappa shape index (κ3) is 7.25. The molecule has 0 aliphatic carbocycles. The van der Waals surface area contributed by atoms with Crippen LogP contribution in [0.15, 0.2) is 47.6 Å². The second-order valence-electron chi connectivity index (χ2n) is 6.40. The van der Waals surface area contributed by atoms with Gasteiger partial charge >= 0.3 is 0 Å². The van der Waals surface area contributed by atoms with Crippen molar-refractivity contribution in [2.75, 3.05) is 12.4 Å².